The van der Waals surface area contributed by atoms with Gasteiger partial charge in [0.05, 0.1) is 22.9 Å². The van der Waals surface area contributed by atoms with Crippen LogP contribution in [0.5, 0.6) is 0 Å². The summed E-state index contributed by atoms with van der Waals surface area (Å²) in [5, 5.41) is 0.862. The Hall–Kier alpha value is -2.60. The highest BCUT2D eigenvalue weighted by Crippen LogP contribution is 2.31. The minimum atomic E-state index is -0.135. The maximum atomic E-state index is 11.9. The summed E-state index contributed by atoms with van der Waals surface area (Å²) in [6.07, 6.45) is 1.42. The second kappa shape index (κ2) is 4.46. The van der Waals surface area contributed by atoms with Crippen LogP contribution in [0.1, 0.15) is 5.69 Å². The molecule has 5 nitrogen and oxygen atoms in total. The summed E-state index contributed by atoms with van der Waals surface area (Å²) in [5.41, 5.74) is 2.34. The molecule has 0 aliphatic carbocycles. The topological polar surface area (TPSA) is 71.5 Å². The van der Waals surface area contributed by atoms with Crippen molar-refractivity contribution in [2.45, 2.75) is 6.92 Å². The quantitative estimate of drug-likeness (QED) is 0.586. The van der Waals surface area contributed by atoms with E-state index in [2.05, 4.69) is 19.9 Å². The zero-order valence-electron chi connectivity index (χ0n) is 11.1. The SMILES string of the molecule is Cc1nc(-c2ccccc2)nc2sc3c(=O)[nH]cnc3c12. The van der Waals surface area contributed by atoms with Crippen LogP contribution in [0.15, 0.2) is 41.5 Å². The lowest BCUT2D eigenvalue weighted by atomic mass is 10.2. The lowest BCUT2D eigenvalue weighted by molar-refractivity contribution is 1.16. The molecule has 0 bridgehead atoms. The number of rotatable bonds is 1. The summed E-state index contributed by atoms with van der Waals surface area (Å²) in [6, 6.07) is 9.81. The maximum Gasteiger partial charge on any atom is 0.268 e. The lowest BCUT2D eigenvalue weighted by Gasteiger charge is -2.02. The minimum absolute atomic E-state index is 0.135. The molecule has 6 heteroatoms. The molecular formula is C15H10N4OS. The van der Waals surface area contributed by atoms with Crippen LogP contribution >= 0.6 is 11.3 Å². The van der Waals surface area contributed by atoms with Gasteiger partial charge in [0.1, 0.15) is 9.53 Å². The molecule has 0 spiro atoms. The van der Waals surface area contributed by atoms with Gasteiger partial charge in [-0.25, -0.2) is 15.0 Å². The highest BCUT2D eigenvalue weighted by Gasteiger charge is 2.15. The standard InChI is InChI=1S/C15H10N4OS/c1-8-10-11-12(14(20)17-7-16-11)21-15(10)19-13(18-8)9-5-3-2-4-6-9/h2-7H,1H3,(H,16,17,20). The van der Waals surface area contributed by atoms with E-state index in [-0.39, 0.29) is 5.56 Å². The van der Waals surface area contributed by atoms with Crippen molar-refractivity contribution in [3.05, 3.63) is 52.7 Å². The van der Waals surface area contributed by atoms with Gasteiger partial charge >= 0.3 is 0 Å². The molecule has 1 aromatic carbocycles. The second-order valence-electron chi connectivity index (χ2n) is 4.69. The smallest absolute Gasteiger partial charge is 0.268 e. The molecule has 4 rings (SSSR count). The Balaban J connectivity index is 2.10. The van der Waals surface area contributed by atoms with E-state index in [1.165, 1.54) is 17.7 Å². The third-order valence-electron chi connectivity index (χ3n) is 3.33. The number of benzene rings is 1. The van der Waals surface area contributed by atoms with Crippen molar-refractivity contribution in [1.29, 1.82) is 0 Å². The molecule has 0 unspecified atom stereocenters. The third-order valence-corrected chi connectivity index (χ3v) is 4.41. The molecule has 0 fully saturated rings. The fourth-order valence-electron chi connectivity index (χ4n) is 2.37. The summed E-state index contributed by atoms with van der Waals surface area (Å²) in [4.78, 5) is 28.7. The van der Waals surface area contributed by atoms with Crippen LogP contribution in [0.3, 0.4) is 0 Å². The van der Waals surface area contributed by atoms with Gasteiger partial charge in [0, 0.05) is 5.56 Å². The molecule has 0 saturated heterocycles. The van der Waals surface area contributed by atoms with Crippen LogP contribution in [0, 0.1) is 6.92 Å². The predicted octanol–water partition coefficient (Wildman–Crippen LogP) is 2.90. The number of aryl methyl sites for hydroxylation is 1. The monoisotopic (exact) mass is 294 g/mol. The molecule has 0 aliphatic rings. The Morgan fingerprint density at radius 1 is 1.14 bits per heavy atom. The highest BCUT2D eigenvalue weighted by molar-refractivity contribution is 7.25. The highest BCUT2D eigenvalue weighted by atomic mass is 32.1. The van der Waals surface area contributed by atoms with Crippen LogP contribution in [0.2, 0.25) is 0 Å². The van der Waals surface area contributed by atoms with Crippen LogP contribution in [-0.2, 0) is 0 Å². The summed E-state index contributed by atoms with van der Waals surface area (Å²) >= 11 is 1.35. The average molecular weight is 294 g/mol. The lowest BCUT2D eigenvalue weighted by Crippen LogP contribution is -2.03. The van der Waals surface area contributed by atoms with Crippen molar-refractivity contribution in [2.24, 2.45) is 0 Å². The molecular weight excluding hydrogens is 284 g/mol. The Labute approximate surface area is 123 Å². The van der Waals surface area contributed by atoms with Crippen molar-refractivity contribution in [1.82, 2.24) is 19.9 Å². The first-order valence-electron chi connectivity index (χ1n) is 6.44. The molecule has 0 amide bonds. The number of nitrogens with zero attached hydrogens (tertiary/aromatic N) is 3. The molecule has 4 aromatic rings. The first-order valence-corrected chi connectivity index (χ1v) is 7.25. The van der Waals surface area contributed by atoms with Crippen molar-refractivity contribution in [3.8, 4) is 11.4 Å². The normalized spacial score (nSPS) is 11.3. The number of hydrogen-bond acceptors (Lipinski definition) is 5. The van der Waals surface area contributed by atoms with Gasteiger partial charge in [-0.3, -0.25) is 4.79 Å². The van der Waals surface area contributed by atoms with Crippen LogP contribution in [0.25, 0.3) is 31.8 Å². The number of hydrogen-bond donors (Lipinski definition) is 1. The van der Waals surface area contributed by atoms with E-state index >= 15 is 0 Å². The molecule has 102 valence electrons. The number of aromatic amines is 1. The first-order chi connectivity index (χ1) is 10.2. The zero-order chi connectivity index (χ0) is 14.4. The van der Waals surface area contributed by atoms with E-state index in [9.17, 15) is 4.79 Å². The molecule has 0 saturated carbocycles. The Morgan fingerprint density at radius 2 is 1.95 bits per heavy atom. The van der Waals surface area contributed by atoms with Crippen LogP contribution in [-0.4, -0.2) is 19.9 Å². The third kappa shape index (κ3) is 1.84. The van der Waals surface area contributed by atoms with Gasteiger partial charge in [0.15, 0.2) is 5.82 Å². The van der Waals surface area contributed by atoms with E-state index in [0.717, 1.165) is 21.5 Å². The summed E-state index contributed by atoms with van der Waals surface area (Å²) in [6.45, 7) is 1.92. The number of thiophene rings is 1. The second-order valence-corrected chi connectivity index (χ2v) is 5.69. The van der Waals surface area contributed by atoms with Gasteiger partial charge < -0.3 is 4.98 Å². The molecule has 0 aliphatic heterocycles. The fourth-order valence-corrected chi connectivity index (χ4v) is 3.44. The van der Waals surface area contributed by atoms with E-state index in [1.54, 1.807) is 0 Å². The molecule has 0 radical (unpaired) electrons. The zero-order valence-corrected chi connectivity index (χ0v) is 11.9. The fraction of sp³-hybridized carbons (Fsp3) is 0.0667. The van der Waals surface area contributed by atoms with Crippen LogP contribution in [0.4, 0.5) is 0 Å². The van der Waals surface area contributed by atoms with Gasteiger partial charge in [-0.15, -0.1) is 11.3 Å². The van der Waals surface area contributed by atoms with E-state index in [4.69, 9.17) is 0 Å². The van der Waals surface area contributed by atoms with Gasteiger partial charge in [-0.05, 0) is 6.92 Å². The largest absolute Gasteiger partial charge is 0.312 e. The van der Waals surface area contributed by atoms with Gasteiger partial charge in [0.2, 0.25) is 0 Å². The maximum absolute atomic E-state index is 11.9. The number of fused-ring (bicyclic) bond motifs is 3. The summed E-state index contributed by atoms with van der Waals surface area (Å²) in [7, 11) is 0. The van der Waals surface area contributed by atoms with Gasteiger partial charge in [-0.2, -0.15) is 0 Å². The Morgan fingerprint density at radius 3 is 2.76 bits per heavy atom. The molecule has 0 atom stereocenters. The van der Waals surface area contributed by atoms with Crippen LogP contribution < -0.4 is 5.56 Å². The summed E-state index contributed by atoms with van der Waals surface area (Å²) in [5.74, 6) is 0.670. The number of aromatic nitrogens is 4. The minimum Gasteiger partial charge on any atom is -0.312 e. The van der Waals surface area contributed by atoms with E-state index < -0.39 is 0 Å². The van der Waals surface area contributed by atoms with Gasteiger partial charge in [0.25, 0.3) is 5.56 Å². The number of H-pyrrole nitrogens is 1. The first kappa shape index (κ1) is 12.2. The molecule has 3 aromatic heterocycles. The average Bonchev–Trinajstić information content (AvgIpc) is 2.89. The number of nitrogens with one attached hydrogen (secondary N) is 1. The van der Waals surface area contributed by atoms with E-state index in [1.807, 2.05) is 37.3 Å². The van der Waals surface area contributed by atoms with Crippen molar-refractivity contribution >= 4 is 31.8 Å². The molecule has 3 heterocycles. The van der Waals surface area contributed by atoms with Crippen molar-refractivity contribution in [3.63, 3.8) is 0 Å². The van der Waals surface area contributed by atoms with Gasteiger partial charge in [-0.1, -0.05) is 30.3 Å². The van der Waals surface area contributed by atoms with Crippen molar-refractivity contribution < 1.29 is 0 Å². The van der Waals surface area contributed by atoms with E-state index in [0.29, 0.717) is 16.0 Å². The molecule has 21 heavy (non-hydrogen) atoms. The summed E-state index contributed by atoms with van der Waals surface area (Å²) < 4.78 is 0.593. The predicted molar refractivity (Wildman–Crippen MR) is 83.5 cm³/mol. The Kier molecular flexibility index (Phi) is 2.58. The Bertz CT molecular complexity index is 1020. The molecule has 1 N–H and O–H groups in total. The van der Waals surface area contributed by atoms with Crippen molar-refractivity contribution in [2.75, 3.05) is 0 Å².